The molecule has 0 fully saturated rings. The maximum Gasteiger partial charge on any atom is 0.282 e. The lowest BCUT2D eigenvalue weighted by Crippen LogP contribution is -2.01. The Labute approximate surface area is 178 Å². The number of sulfone groups is 1. The van der Waals surface area contributed by atoms with Crippen LogP contribution in [0, 0.1) is 0 Å². The summed E-state index contributed by atoms with van der Waals surface area (Å²) in [5, 5.41) is 4.24. The summed E-state index contributed by atoms with van der Waals surface area (Å²) in [5.74, 6) is 0. The van der Waals surface area contributed by atoms with Gasteiger partial charge >= 0.3 is 0 Å². The lowest BCUT2D eigenvalue weighted by Gasteiger charge is -2.11. The Morgan fingerprint density at radius 3 is 2.03 bits per heavy atom. The fraction of sp³-hybridized carbons (Fsp3) is 0.0870. The molecular formula is C23H19F2N3O2S. The SMILES string of the molecule is CS(=O)(=O)c1ccc(-c2c(-c3ccccc3)c(C(F)F)nn2-c2ccc(N)cc2)cc1. The predicted octanol–water partition coefficient (Wildman–Crippen LogP) is 5.13. The van der Waals surface area contributed by atoms with Gasteiger partial charge in [0, 0.05) is 23.1 Å². The third kappa shape index (κ3) is 4.06. The average molecular weight is 439 g/mol. The Morgan fingerprint density at radius 1 is 0.871 bits per heavy atom. The van der Waals surface area contributed by atoms with Gasteiger partial charge in [0.05, 0.1) is 16.3 Å². The Hall–Kier alpha value is -3.52. The zero-order valence-corrected chi connectivity index (χ0v) is 17.4. The van der Waals surface area contributed by atoms with Crippen molar-refractivity contribution in [3.63, 3.8) is 0 Å². The summed E-state index contributed by atoms with van der Waals surface area (Å²) >= 11 is 0. The highest BCUT2D eigenvalue weighted by Gasteiger charge is 2.27. The van der Waals surface area contributed by atoms with E-state index in [-0.39, 0.29) is 10.6 Å². The van der Waals surface area contributed by atoms with Crippen LogP contribution in [-0.2, 0) is 9.84 Å². The number of aromatic nitrogens is 2. The molecule has 3 aromatic carbocycles. The Kier molecular flexibility index (Phi) is 5.32. The first-order valence-corrected chi connectivity index (χ1v) is 11.3. The molecule has 0 atom stereocenters. The standard InChI is InChI=1S/C23H19F2N3O2S/c1-31(29,30)19-13-7-16(8-14-19)22-20(15-5-3-2-4-6-15)21(23(24)25)27-28(22)18-11-9-17(26)10-12-18/h2-14,23H,26H2,1H3. The summed E-state index contributed by atoms with van der Waals surface area (Å²) in [6.07, 6.45) is -1.69. The van der Waals surface area contributed by atoms with Crippen molar-refractivity contribution in [3.8, 4) is 28.1 Å². The molecule has 0 spiro atoms. The van der Waals surface area contributed by atoms with Crippen molar-refractivity contribution in [2.24, 2.45) is 0 Å². The molecular weight excluding hydrogens is 420 g/mol. The molecule has 1 aromatic heterocycles. The van der Waals surface area contributed by atoms with E-state index in [0.717, 1.165) is 6.26 Å². The van der Waals surface area contributed by atoms with Crippen LogP contribution in [0.2, 0.25) is 0 Å². The zero-order chi connectivity index (χ0) is 22.2. The van der Waals surface area contributed by atoms with Crippen LogP contribution in [0.3, 0.4) is 0 Å². The fourth-order valence-corrected chi connectivity index (χ4v) is 4.04. The molecule has 5 nitrogen and oxygen atoms in total. The Balaban J connectivity index is 2.03. The number of nitrogen functional groups attached to an aromatic ring is 1. The number of benzene rings is 3. The van der Waals surface area contributed by atoms with E-state index in [1.807, 2.05) is 0 Å². The fourth-order valence-electron chi connectivity index (χ4n) is 3.41. The van der Waals surface area contributed by atoms with Crippen molar-refractivity contribution >= 4 is 15.5 Å². The van der Waals surface area contributed by atoms with E-state index >= 15 is 0 Å². The lowest BCUT2D eigenvalue weighted by atomic mass is 9.98. The summed E-state index contributed by atoms with van der Waals surface area (Å²) < 4.78 is 53.2. The molecule has 0 amide bonds. The van der Waals surface area contributed by atoms with Gasteiger partial charge in [-0.05, 0) is 42.0 Å². The van der Waals surface area contributed by atoms with Crippen molar-refractivity contribution in [2.75, 3.05) is 12.0 Å². The third-order valence-electron chi connectivity index (χ3n) is 4.88. The predicted molar refractivity (Wildman–Crippen MR) is 117 cm³/mol. The molecule has 0 saturated carbocycles. The second-order valence-electron chi connectivity index (χ2n) is 7.08. The van der Waals surface area contributed by atoms with Crippen LogP contribution in [0.4, 0.5) is 14.5 Å². The molecule has 0 radical (unpaired) electrons. The van der Waals surface area contributed by atoms with E-state index in [2.05, 4.69) is 5.10 Å². The molecule has 158 valence electrons. The topological polar surface area (TPSA) is 78.0 Å². The Morgan fingerprint density at radius 2 is 1.48 bits per heavy atom. The minimum absolute atomic E-state index is 0.144. The molecule has 0 aliphatic rings. The van der Waals surface area contributed by atoms with Crippen LogP contribution in [0.25, 0.3) is 28.1 Å². The molecule has 1 heterocycles. The zero-order valence-electron chi connectivity index (χ0n) is 16.5. The van der Waals surface area contributed by atoms with Gasteiger partial charge in [-0.1, -0.05) is 42.5 Å². The van der Waals surface area contributed by atoms with Crippen molar-refractivity contribution in [1.29, 1.82) is 0 Å². The van der Waals surface area contributed by atoms with Crippen molar-refractivity contribution in [2.45, 2.75) is 11.3 Å². The van der Waals surface area contributed by atoms with Gasteiger partial charge in [0.2, 0.25) is 0 Å². The van der Waals surface area contributed by atoms with Crippen LogP contribution in [0.15, 0.2) is 83.8 Å². The summed E-state index contributed by atoms with van der Waals surface area (Å²) in [6.45, 7) is 0. The van der Waals surface area contributed by atoms with Crippen LogP contribution >= 0.6 is 0 Å². The molecule has 2 N–H and O–H groups in total. The highest BCUT2D eigenvalue weighted by Crippen LogP contribution is 2.40. The van der Waals surface area contributed by atoms with Crippen LogP contribution < -0.4 is 5.73 Å². The van der Waals surface area contributed by atoms with Gasteiger partial charge < -0.3 is 5.73 Å². The number of anilines is 1. The molecule has 0 aliphatic heterocycles. The normalized spacial score (nSPS) is 11.7. The van der Waals surface area contributed by atoms with Crippen LogP contribution in [-0.4, -0.2) is 24.5 Å². The number of alkyl halides is 2. The summed E-state index contributed by atoms with van der Waals surface area (Å²) in [5.41, 5.74) is 8.38. The number of nitrogens with zero attached hydrogens (tertiary/aromatic N) is 2. The van der Waals surface area contributed by atoms with Gasteiger partial charge in [-0.3, -0.25) is 0 Å². The van der Waals surface area contributed by atoms with E-state index in [4.69, 9.17) is 5.73 Å². The lowest BCUT2D eigenvalue weighted by molar-refractivity contribution is 0.146. The van der Waals surface area contributed by atoms with E-state index in [9.17, 15) is 17.2 Å². The highest BCUT2D eigenvalue weighted by atomic mass is 32.2. The monoisotopic (exact) mass is 439 g/mol. The smallest absolute Gasteiger partial charge is 0.282 e. The summed E-state index contributed by atoms with van der Waals surface area (Å²) in [6, 6.07) is 21.7. The van der Waals surface area contributed by atoms with E-state index in [0.29, 0.717) is 33.8 Å². The second-order valence-corrected chi connectivity index (χ2v) is 9.09. The number of halogens is 2. The maximum absolute atomic E-state index is 14.0. The highest BCUT2D eigenvalue weighted by molar-refractivity contribution is 7.90. The number of nitrogens with two attached hydrogens (primary N) is 1. The number of hydrogen-bond acceptors (Lipinski definition) is 4. The van der Waals surface area contributed by atoms with Crippen LogP contribution in [0.1, 0.15) is 12.1 Å². The Bertz CT molecular complexity index is 1320. The first-order valence-electron chi connectivity index (χ1n) is 9.38. The maximum atomic E-state index is 14.0. The average Bonchev–Trinajstić information content (AvgIpc) is 3.15. The molecule has 0 bridgehead atoms. The summed E-state index contributed by atoms with van der Waals surface area (Å²) in [4.78, 5) is 0.144. The van der Waals surface area contributed by atoms with Crippen molar-refractivity contribution < 1.29 is 17.2 Å². The summed E-state index contributed by atoms with van der Waals surface area (Å²) in [7, 11) is -3.40. The van der Waals surface area contributed by atoms with E-state index in [1.54, 1.807) is 66.7 Å². The molecule has 0 saturated heterocycles. The van der Waals surface area contributed by atoms with Crippen molar-refractivity contribution in [1.82, 2.24) is 9.78 Å². The quantitative estimate of drug-likeness (QED) is 0.437. The first-order chi connectivity index (χ1) is 14.8. The molecule has 0 unspecified atom stereocenters. The molecule has 4 rings (SSSR count). The van der Waals surface area contributed by atoms with Crippen molar-refractivity contribution in [3.05, 3.63) is 84.6 Å². The van der Waals surface area contributed by atoms with Gasteiger partial charge in [0.25, 0.3) is 6.43 Å². The largest absolute Gasteiger partial charge is 0.399 e. The van der Waals surface area contributed by atoms with Gasteiger partial charge in [-0.25, -0.2) is 21.9 Å². The minimum Gasteiger partial charge on any atom is -0.399 e. The van der Waals surface area contributed by atoms with Gasteiger partial charge in [0.15, 0.2) is 9.84 Å². The molecule has 8 heteroatoms. The molecule has 31 heavy (non-hydrogen) atoms. The van der Waals surface area contributed by atoms with Crippen LogP contribution in [0.5, 0.6) is 0 Å². The van der Waals surface area contributed by atoms with Gasteiger partial charge in [-0.2, -0.15) is 5.10 Å². The minimum atomic E-state index is -3.40. The second kappa shape index (κ2) is 7.96. The molecule has 4 aromatic rings. The first kappa shape index (κ1) is 20.7. The molecule has 0 aliphatic carbocycles. The van der Waals surface area contributed by atoms with E-state index in [1.165, 1.54) is 16.8 Å². The number of hydrogen-bond donors (Lipinski definition) is 1. The van der Waals surface area contributed by atoms with Gasteiger partial charge in [0.1, 0.15) is 5.69 Å². The number of rotatable bonds is 5. The van der Waals surface area contributed by atoms with Gasteiger partial charge in [-0.15, -0.1) is 0 Å². The van der Waals surface area contributed by atoms with E-state index < -0.39 is 16.3 Å². The third-order valence-corrected chi connectivity index (χ3v) is 6.00.